The summed E-state index contributed by atoms with van der Waals surface area (Å²) >= 11 is 7.10. The Hall–Kier alpha value is -2.60. The Kier molecular flexibility index (Phi) is 8.27. The molecule has 8 nitrogen and oxygen atoms in total. The Balaban J connectivity index is 1.35. The van der Waals surface area contributed by atoms with Crippen LogP contribution in [-0.2, 0) is 14.3 Å². The molecule has 2 heterocycles. The quantitative estimate of drug-likeness (QED) is 0.423. The molecular formula is C26H29ClF2N4O4S. The Bertz CT molecular complexity index is 1200. The molecule has 38 heavy (non-hydrogen) atoms. The molecule has 2 aliphatic carbocycles. The number of morpholine rings is 1. The van der Waals surface area contributed by atoms with Crippen LogP contribution < -0.4 is 15.5 Å². The highest BCUT2D eigenvalue weighted by Gasteiger charge is 2.40. The summed E-state index contributed by atoms with van der Waals surface area (Å²) in [6, 6.07) is 6.94. The van der Waals surface area contributed by atoms with Gasteiger partial charge in [0.2, 0.25) is 5.91 Å². The van der Waals surface area contributed by atoms with E-state index in [9.17, 15) is 23.2 Å². The molecular weight excluding hydrogens is 538 g/mol. The summed E-state index contributed by atoms with van der Waals surface area (Å²) in [7, 11) is 0. The second kappa shape index (κ2) is 11.6. The van der Waals surface area contributed by atoms with E-state index in [2.05, 4.69) is 15.5 Å². The van der Waals surface area contributed by atoms with Crippen molar-refractivity contribution in [1.82, 2.24) is 10.2 Å². The normalized spacial score (nSPS) is 18.7. The van der Waals surface area contributed by atoms with E-state index in [1.54, 1.807) is 18.2 Å². The van der Waals surface area contributed by atoms with E-state index in [-0.39, 0.29) is 48.8 Å². The maximum atomic E-state index is 14.1. The maximum Gasteiger partial charge on any atom is 0.265 e. The van der Waals surface area contributed by atoms with Crippen molar-refractivity contribution in [1.29, 1.82) is 0 Å². The number of halogens is 3. The van der Waals surface area contributed by atoms with Gasteiger partial charge in [-0.2, -0.15) is 0 Å². The molecule has 3 amide bonds. The summed E-state index contributed by atoms with van der Waals surface area (Å²) in [6.45, 7) is 1.24. The summed E-state index contributed by atoms with van der Waals surface area (Å²) in [6.07, 6.45) is 1.23. The van der Waals surface area contributed by atoms with Crippen LogP contribution in [0.5, 0.6) is 0 Å². The van der Waals surface area contributed by atoms with Gasteiger partial charge < -0.3 is 20.3 Å². The first-order valence-electron chi connectivity index (χ1n) is 12.7. The number of hydrogen-bond donors (Lipinski definition) is 2. The van der Waals surface area contributed by atoms with Crippen molar-refractivity contribution in [3.8, 4) is 0 Å². The van der Waals surface area contributed by atoms with Crippen LogP contribution in [0, 0.1) is 5.92 Å². The summed E-state index contributed by atoms with van der Waals surface area (Å²) in [4.78, 5) is 42.4. The second-order valence-corrected chi connectivity index (χ2v) is 11.6. The summed E-state index contributed by atoms with van der Waals surface area (Å²) in [5, 5.41) is 5.54. The van der Waals surface area contributed by atoms with Gasteiger partial charge in [0.05, 0.1) is 15.8 Å². The number of carbonyl (C=O) groups excluding carboxylic acids is 3. The molecule has 1 saturated heterocycles. The number of nitrogens with zero attached hydrogens (tertiary/aromatic N) is 2. The molecule has 5 rings (SSSR count). The molecule has 1 aromatic heterocycles. The minimum absolute atomic E-state index is 0.0157. The summed E-state index contributed by atoms with van der Waals surface area (Å²) in [5.74, 6) is -0.607. The van der Waals surface area contributed by atoms with Crippen molar-refractivity contribution in [2.45, 2.75) is 44.2 Å². The van der Waals surface area contributed by atoms with Crippen LogP contribution in [0.4, 0.5) is 20.2 Å². The van der Waals surface area contributed by atoms with E-state index in [1.165, 1.54) is 17.0 Å². The van der Waals surface area contributed by atoms with Gasteiger partial charge in [-0.15, -0.1) is 11.3 Å². The van der Waals surface area contributed by atoms with Crippen LogP contribution in [0.3, 0.4) is 0 Å². The first kappa shape index (κ1) is 27.0. The Labute approximate surface area is 228 Å². The van der Waals surface area contributed by atoms with Crippen LogP contribution in [0.25, 0.3) is 0 Å². The third-order valence-corrected chi connectivity index (χ3v) is 8.19. The largest absolute Gasteiger partial charge is 0.370 e. The number of benzene rings is 1. The van der Waals surface area contributed by atoms with Gasteiger partial charge in [-0.3, -0.25) is 19.3 Å². The highest BCUT2D eigenvalue weighted by molar-refractivity contribution is 7.18. The van der Waals surface area contributed by atoms with Gasteiger partial charge in [-0.25, -0.2) is 8.78 Å². The molecule has 1 aliphatic heterocycles. The molecule has 3 aliphatic rings. The van der Waals surface area contributed by atoms with Gasteiger partial charge in [-0.1, -0.05) is 11.6 Å². The lowest BCUT2D eigenvalue weighted by molar-refractivity contribution is -0.125. The summed E-state index contributed by atoms with van der Waals surface area (Å²) in [5.41, 5.74) is -0.0531. The smallest absolute Gasteiger partial charge is 0.265 e. The standard InChI is InChI=1S/C26H29ClF2N4O4S/c27-22-8-7-21(38-22)26(36)30-12-20(33(16-3-4-16)13-15-1-2-15)25(35)31-19-6-5-17(11-18(19)24(28)29)32-9-10-37-14-23(32)34/h5-8,11,15-16,20,24H,1-4,9-10,12-14H2,(H,30,36)(H,31,35)/t20-/m0/s1. The van der Waals surface area contributed by atoms with E-state index in [1.807, 2.05) is 0 Å². The fraction of sp³-hybridized carbons (Fsp3) is 0.500. The number of amides is 3. The number of nitrogens with one attached hydrogen (secondary N) is 2. The van der Waals surface area contributed by atoms with Crippen molar-refractivity contribution >= 4 is 52.0 Å². The van der Waals surface area contributed by atoms with E-state index in [4.69, 9.17) is 16.3 Å². The van der Waals surface area contributed by atoms with Crippen LogP contribution in [-0.4, -0.2) is 67.6 Å². The number of alkyl halides is 2. The van der Waals surface area contributed by atoms with Crippen molar-refractivity contribution in [3.63, 3.8) is 0 Å². The zero-order valence-corrected chi connectivity index (χ0v) is 22.2. The van der Waals surface area contributed by atoms with Gasteiger partial charge in [0.25, 0.3) is 18.2 Å². The van der Waals surface area contributed by atoms with Crippen LogP contribution in [0.15, 0.2) is 30.3 Å². The first-order valence-corrected chi connectivity index (χ1v) is 13.9. The lowest BCUT2D eigenvalue weighted by Crippen LogP contribution is -2.52. The van der Waals surface area contributed by atoms with E-state index in [0.717, 1.165) is 43.6 Å². The highest BCUT2D eigenvalue weighted by atomic mass is 35.5. The van der Waals surface area contributed by atoms with Crippen LogP contribution in [0.1, 0.15) is 47.3 Å². The highest BCUT2D eigenvalue weighted by Crippen LogP contribution is 2.37. The van der Waals surface area contributed by atoms with E-state index >= 15 is 0 Å². The Morgan fingerprint density at radius 3 is 2.61 bits per heavy atom. The number of carbonyl (C=O) groups is 3. The zero-order valence-electron chi connectivity index (χ0n) is 20.6. The zero-order chi connectivity index (χ0) is 26.8. The minimum Gasteiger partial charge on any atom is -0.370 e. The Morgan fingerprint density at radius 1 is 1.18 bits per heavy atom. The van der Waals surface area contributed by atoms with Gasteiger partial charge in [0, 0.05) is 42.6 Å². The molecule has 3 fully saturated rings. The van der Waals surface area contributed by atoms with Crippen molar-refractivity contribution in [2.24, 2.45) is 5.92 Å². The minimum atomic E-state index is -2.87. The molecule has 0 unspecified atom stereocenters. The third kappa shape index (κ3) is 6.51. The fourth-order valence-electron chi connectivity index (χ4n) is 4.63. The SMILES string of the molecule is O=C(NC[C@@H](C(=O)Nc1ccc(N2CCOCC2=O)cc1C(F)F)N(CC1CC1)C1CC1)c1ccc(Cl)s1. The third-order valence-electron chi connectivity index (χ3n) is 6.96. The molecule has 0 bridgehead atoms. The first-order chi connectivity index (χ1) is 18.3. The van der Waals surface area contributed by atoms with Gasteiger partial charge >= 0.3 is 0 Å². The topological polar surface area (TPSA) is 91.0 Å². The number of ether oxygens (including phenoxy) is 1. The van der Waals surface area contributed by atoms with E-state index < -0.39 is 18.4 Å². The van der Waals surface area contributed by atoms with E-state index in [0.29, 0.717) is 27.4 Å². The lowest BCUT2D eigenvalue weighted by Gasteiger charge is -2.31. The molecule has 0 spiro atoms. The molecule has 2 aromatic rings. The molecule has 2 saturated carbocycles. The number of thiophene rings is 1. The molecule has 0 radical (unpaired) electrons. The van der Waals surface area contributed by atoms with Crippen LogP contribution >= 0.6 is 22.9 Å². The predicted molar refractivity (Wildman–Crippen MR) is 141 cm³/mol. The summed E-state index contributed by atoms with van der Waals surface area (Å²) < 4.78 is 33.8. The maximum absolute atomic E-state index is 14.1. The monoisotopic (exact) mass is 566 g/mol. The number of rotatable bonds is 11. The second-order valence-electron chi connectivity index (χ2n) is 9.86. The average molecular weight is 567 g/mol. The van der Waals surface area contributed by atoms with Gasteiger partial charge in [-0.05, 0) is 61.9 Å². The van der Waals surface area contributed by atoms with Gasteiger partial charge in [0.1, 0.15) is 12.6 Å². The number of anilines is 2. The number of hydrogen-bond acceptors (Lipinski definition) is 6. The molecule has 1 aromatic carbocycles. The van der Waals surface area contributed by atoms with Crippen molar-refractivity contribution < 1.29 is 27.9 Å². The van der Waals surface area contributed by atoms with Crippen LogP contribution in [0.2, 0.25) is 4.34 Å². The van der Waals surface area contributed by atoms with Crippen molar-refractivity contribution in [3.05, 3.63) is 45.1 Å². The molecule has 12 heteroatoms. The van der Waals surface area contributed by atoms with Crippen molar-refractivity contribution in [2.75, 3.05) is 43.1 Å². The molecule has 1 atom stereocenters. The molecule has 204 valence electrons. The fourth-order valence-corrected chi connectivity index (χ4v) is 5.59. The average Bonchev–Trinajstić information content (AvgIpc) is 3.83. The predicted octanol–water partition coefficient (Wildman–Crippen LogP) is 4.31. The Morgan fingerprint density at radius 2 is 1.97 bits per heavy atom. The van der Waals surface area contributed by atoms with Gasteiger partial charge in [0.15, 0.2) is 0 Å². The lowest BCUT2D eigenvalue weighted by atomic mass is 10.1. The molecule has 2 N–H and O–H groups in total.